The highest BCUT2D eigenvalue weighted by Crippen LogP contribution is 2.15. The first kappa shape index (κ1) is 14.3. The second-order valence-electron chi connectivity index (χ2n) is 3.32. The number of hydrogen-bond acceptors (Lipinski definition) is 7. The van der Waals surface area contributed by atoms with E-state index in [1.54, 1.807) is 0 Å². The van der Waals surface area contributed by atoms with Crippen molar-refractivity contribution in [1.82, 2.24) is 9.97 Å². The van der Waals surface area contributed by atoms with Gasteiger partial charge in [0.15, 0.2) is 11.5 Å². The molecule has 1 aromatic heterocycles. The Morgan fingerprint density at radius 1 is 1.44 bits per heavy atom. The Labute approximate surface area is 107 Å². The van der Waals surface area contributed by atoms with Crippen molar-refractivity contribution < 1.29 is 9.90 Å². The number of anilines is 3. The van der Waals surface area contributed by atoms with Crippen molar-refractivity contribution in [3.63, 3.8) is 0 Å². The van der Waals surface area contributed by atoms with Gasteiger partial charge in [0, 0.05) is 18.1 Å². The molecule has 8 nitrogen and oxygen atoms in total. The Bertz CT molecular complexity index is 464. The fourth-order valence-corrected chi connectivity index (χ4v) is 1.99. The van der Waals surface area contributed by atoms with Crippen molar-refractivity contribution in [2.75, 3.05) is 41.0 Å². The maximum Gasteiger partial charge on any atom is 0.278 e. The lowest BCUT2D eigenvalue weighted by Crippen LogP contribution is -2.32. The summed E-state index contributed by atoms with van der Waals surface area (Å²) in [4.78, 5) is 29.8. The van der Waals surface area contributed by atoms with E-state index in [-0.39, 0.29) is 24.1 Å². The molecule has 6 N–H and O–H groups in total. The Kier molecular flexibility index (Phi) is 5.46. The molecule has 18 heavy (non-hydrogen) atoms. The number of aromatic amines is 1. The van der Waals surface area contributed by atoms with Gasteiger partial charge in [0.25, 0.3) is 5.56 Å². The number of aliphatic hydroxyl groups excluding tert-OH is 1. The van der Waals surface area contributed by atoms with Crippen LogP contribution in [-0.4, -0.2) is 46.1 Å². The minimum absolute atomic E-state index is 0.0104. The number of amides is 1. The number of nitrogens with two attached hydrogens (primary N) is 2. The van der Waals surface area contributed by atoms with Crippen LogP contribution in [0.15, 0.2) is 4.79 Å². The second kappa shape index (κ2) is 6.87. The number of carbonyl (C=O) groups is 1. The zero-order valence-electron chi connectivity index (χ0n) is 9.63. The lowest BCUT2D eigenvalue weighted by molar-refractivity contribution is -0.107. The van der Waals surface area contributed by atoms with Gasteiger partial charge in [-0.2, -0.15) is 16.7 Å². The van der Waals surface area contributed by atoms with Gasteiger partial charge < -0.3 is 21.5 Å². The van der Waals surface area contributed by atoms with Gasteiger partial charge in [-0.05, 0) is 0 Å². The summed E-state index contributed by atoms with van der Waals surface area (Å²) in [5, 5.41) is 8.62. The average Bonchev–Trinajstić information content (AvgIpc) is 2.31. The number of carbonyl (C=O) groups excluding carboxylic acids is 1. The summed E-state index contributed by atoms with van der Waals surface area (Å²) in [5.41, 5.74) is 10.3. The number of aromatic nitrogens is 2. The van der Waals surface area contributed by atoms with Crippen molar-refractivity contribution in [3.8, 4) is 0 Å². The van der Waals surface area contributed by atoms with Gasteiger partial charge in [-0.1, -0.05) is 0 Å². The first-order valence-corrected chi connectivity index (χ1v) is 6.31. The maximum atomic E-state index is 11.6. The third kappa shape index (κ3) is 3.64. The normalized spacial score (nSPS) is 10.3. The van der Waals surface area contributed by atoms with Gasteiger partial charge in [0.1, 0.15) is 0 Å². The predicted molar refractivity (Wildman–Crippen MR) is 71.5 cm³/mol. The van der Waals surface area contributed by atoms with Gasteiger partial charge in [-0.15, -0.1) is 0 Å². The molecule has 0 radical (unpaired) electrons. The van der Waals surface area contributed by atoms with E-state index in [0.717, 1.165) is 0 Å². The van der Waals surface area contributed by atoms with Crippen LogP contribution in [0.5, 0.6) is 0 Å². The molecule has 0 bridgehead atoms. The van der Waals surface area contributed by atoms with Crippen molar-refractivity contribution >= 4 is 35.6 Å². The molecule has 0 unspecified atom stereocenters. The van der Waals surface area contributed by atoms with E-state index in [1.807, 2.05) is 0 Å². The van der Waals surface area contributed by atoms with Crippen LogP contribution >= 0.6 is 11.8 Å². The predicted octanol–water partition coefficient (Wildman–Crippen LogP) is -1.38. The molecule has 1 rings (SSSR count). The quantitative estimate of drug-likeness (QED) is 0.355. The first-order valence-electron chi connectivity index (χ1n) is 5.16. The molecule has 0 saturated carbocycles. The first-order chi connectivity index (χ1) is 8.60. The van der Waals surface area contributed by atoms with Crippen LogP contribution in [0.2, 0.25) is 0 Å². The van der Waals surface area contributed by atoms with Gasteiger partial charge in [0.2, 0.25) is 12.4 Å². The molecule has 0 atom stereocenters. The highest BCUT2D eigenvalue weighted by Gasteiger charge is 2.15. The maximum absolute atomic E-state index is 11.6. The summed E-state index contributed by atoms with van der Waals surface area (Å²) in [6, 6.07) is 0. The minimum atomic E-state index is -0.556. The molecule has 0 aromatic carbocycles. The van der Waals surface area contributed by atoms with E-state index in [4.69, 9.17) is 16.6 Å². The van der Waals surface area contributed by atoms with E-state index in [2.05, 4.69) is 9.97 Å². The lowest BCUT2D eigenvalue weighted by atomic mass is 10.4. The highest BCUT2D eigenvalue weighted by molar-refractivity contribution is 7.99. The number of rotatable bonds is 7. The van der Waals surface area contributed by atoms with Crippen molar-refractivity contribution in [1.29, 1.82) is 0 Å². The van der Waals surface area contributed by atoms with E-state index in [1.165, 1.54) is 16.7 Å². The fraction of sp³-hybridized carbons (Fsp3) is 0.444. The number of thioether (sulfide) groups is 1. The largest absolute Gasteiger partial charge is 0.396 e. The van der Waals surface area contributed by atoms with Crippen LogP contribution in [0.1, 0.15) is 0 Å². The molecule has 1 heterocycles. The zero-order valence-corrected chi connectivity index (χ0v) is 10.4. The monoisotopic (exact) mass is 273 g/mol. The molecule has 0 aliphatic rings. The lowest BCUT2D eigenvalue weighted by Gasteiger charge is -2.17. The molecule has 0 fully saturated rings. The van der Waals surface area contributed by atoms with Crippen LogP contribution in [0, 0.1) is 0 Å². The van der Waals surface area contributed by atoms with Crippen molar-refractivity contribution in [3.05, 3.63) is 10.4 Å². The molecule has 9 heteroatoms. The fourth-order valence-electron chi connectivity index (χ4n) is 1.33. The molecular weight excluding hydrogens is 258 g/mol. The number of nitrogens with one attached hydrogen (secondary N) is 1. The summed E-state index contributed by atoms with van der Waals surface area (Å²) in [7, 11) is 0. The number of aliphatic hydroxyl groups is 1. The second-order valence-corrected chi connectivity index (χ2v) is 4.54. The number of H-pyrrole nitrogens is 1. The van der Waals surface area contributed by atoms with Crippen LogP contribution in [0.25, 0.3) is 0 Å². The number of hydrogen-bond donors (Lipinski definition) is 4. The Morgan fingerprint density at radius 2 is 2.17 bits per heavy atom. The van der Waals surface area contributed by atoms with Gasteiger partial charge >= 0.3 is 0 Å². The van der Waals surface area contributed by atoms with Gasteiger partial charge in [-0.25, -0.2) is 0 Å². The highest BCUT2D eigenvalue weighted by atomic mass is 32.2. The van der Waals surface area contributed by atoms with E-state index >= 15 is 0 Å². The van der Waals surface area contributed by atoms with Crippen LogP contribution < -0.4 is 21.9 Å². The molecule has 1 aromatic rings. The van der Waals surface area contributed by atoms with Crippen LogP contribution in [0.4, 0.5) is 17.5 Å². The SMILES string of the molecule is Nc1nc(N)c(N(C=O)CCSCCO)c(=O)[nH]1. The summed E-state index contributed by atoms with van der Waals surface area (Å²) >= 11 is 1.46. The average molecular weight is 273 g/mol. The van der Waals surface area contributed by atoms with Crippen LogP contribution in [-0.2, 0) is 4.79 Å². The Morgan fingerprint density at radius 3 is 2.72 bits per heavy atom. The molecular formula is C9H15N5O3S. The van der Waals surface area contributed by atoms with Crippen molar-refractivity contribution in [2.45, 2.75) is 0 Å². The molecule has 0 aliphatic carbocycles. The molecule has 1 amide bonds. The molecule has 0 spiro atoms. The Balaban J connectivity index is 2.82. The molecule has 0 saturated heterocycles. The molecule has 0 aliphatic heterocycles. The zero-order chi connectivity index (χ0) is 13.5. The number of nitrogens with zero attached hydrogens (tertiary/aromatic N) is 2. The summed E-state index contributed by atoms with van der Waals surface area (Å²) in [6.07, 6.45) is 0.512. The van der Waals surface area contributed by atoms with Gasteiger partial charge in [0.05, 0.1) is 6.61 Å². The third-order valence-electron chi connectivity index (χ3n) is 2.07. The van der Waals surface area contributed by atoms with Crippen molar-refractivity contribution in [2.24, 2.45) is 0 Å². The van der Waals surface area contributed by atoms with Gasteiger partial charge in [-0.3, -0.25) is 14.6 Å². The standard InChI is InChI=1S/C9H15N5O3S/c10-7-6(8(17)13-9(11)12-7)14(5-16)1-3-18-4-2-15/h5,15H,1-4H2,(H5,10,11,12,13,17). The topological polar surface area (TPSA) is 138 Å². The van der Waals surface area contributed by atoms with E-state index in [9.17, 15) is 9.59 Å². The summed E-state index contributed by atoms with van der Waals surface area (Å²) < 4.78 is 0. The van der Waals surface area contributed by atoms with Crippen LogP contribution in [0.3, 0.4) is 0 Å². The van der Waals surface area contributed by atoms with E-state index < -0.39 is 5.56 Å². The third-order valence-corrected chi connectivity index (χ3v) is 3.01. The summed E-state index contributed by atoms with van der Waals surface area (Å²) in [5.74, 6) is 0.957. The number of nitrogen functional groups attached to an aromatic ring is 2. The smallest absolute Gasteiger partial charge is 0.278 e. The Hall–Kier alpha value is -1.74. The summed E-state index contributed by atoms with van der Waals surface area (Å²) in [6.45, 7) is 0.366. The minimum Gasteiger partial charge on any atom is -0.396 e. The molecule has 100 valence electrons. The van der Waals surface area contributed by atoms with E-state index in [0.29, 0.717) is 24.5 Å².